The molecular weight excluding hydrogens is 376 g/mol. The maximum atomic E-state index is 13.0. The fourth-order valence-corrected chi connectivity index (χ4v) is 4.95. The number of methoxy groups -OCH3 is 1. The summed E-state index contributed by atoms with van der Waals surface area (Å²) >= 11 is 0. The molecular formula is C21H26N2O4S. The van der Waals surface area contributed by atoms with Crippen molar-refractivity contribution in [3.63, 3.8) is 0 Å². The number of benzene rings is 2. The molecule has 1 atom stereocenters. The van der Waals surface area contributed by atoms with Gasteiger partial charge >= 0.3 is 0 Å². The minimum absolute atomic E-state index is 0.0633. The van der Waals surface area contributed by atoms with E-state index in [-0.39, 0.29) is 29.1 Å². The molecule has 0 spiro atoms. The van der Waals surface area contributed by atoms with Crippen LogP contribution in [0.4, 0.5) is 0 Å². The van der Waals surface area contributed by atoms with Gasteiger partial charge in [-0.2, -0.15) is 4.31 Å². The third-order valence-electron chi connectivity index (χ3n) is 5.08. The second-order valence-electron chi connectivity index (χ2n) is 7.13. The summed E-state index contributed by atoms with van der Waals surface area (Å²) in [6, 6.07) is 12.9. The highest BCUT2D eigenvalue weighted by Gasteiger charge is 2.28. The molecule has 0 heterocycles. The van der Waals surface area contributed by atoms with Crippen molar-refractivity contribution in [3.8, 4) is 5.75 Å². The number of sulfonamides is 1. The van der Waals surface area contributed by atoms with Crippen molar-refractivity contribution >= 4 is 15.9 Å². The Morgan fingerprint density at radius 1 is 1.25 bits per heavy atom. The number of aryl methyl sites for hydroxylation is 2. The van der Waals surface area contributed by atoms with Crippen molar-refractivity contribution in [1.29, 1.82) is 0 Å². The van der Waals surface area contributed by atoms with Crippen LogP contribution in [0.3, 0.4) is 0 Å². The highest BCUT2D eigenvalue weighted by molar-refractivity contribution is 7.89. The van der Waals surface area contributed by atoms with Crippen LogP contribution in [-0.4, -0.2) is 39.3 Å². The van der Waals surface area contributed by atoms with Gasteiger partial charge in [0.1, 0.15) is 10.6 Å². The molecule has 1 aliphatic carbocycles. The van der Waals surface area contributed by atoms with Crippen LogP contribution >= 0.6 is 0 Å². The zero-order valence-electron chi connectivity index (χ0n) is 16.4. The van der Waals surface area contributed by atoms with Gasteiger partial charge in [0.2, 0.25) is 15.9 Å². The number of hydrogen-bond acceptors (Lipinski definition) is 4. The SMILES string of the molecule is COc1ccc(C)cc1S(=O)(=O)N(C)CC(=O)NC1CCCc2ccccc21. The summed E-state index contributed by atoms with van der Waals surface area (Å²) in [6.45, 7) is 1.56. The molecule has 1 N–H and O–H groups in total. The number of nitrogens with zero attached hydrogens (tertiary/aromatic N) is 1. The zero-order valence-corrected chi connectivity index (χ0v) is 17.3. The lowest BCUT2D eigenvalue weighted by molar-refractivity contribution is -0.122. The summed E-state index contributed by atoms with van der Waals surface area (Å²) in [5, 5.41) is 2.99. The normalized spacial score (nSPS) is 16.5. The fraction of sp³-hybridized carbons (Fsp3) is 0.381. The molecule has 7 heteroatoms. The first-order chi connectivity index (χ1) is 13.3. The molecule has 0 aromatic heterocycles. The molecule has 0 fully saturated rings. The predicted octanol–water partition coefficient (Wildman–Crippen LogP) is 2.82. The molecule has 0 bridgehead atoms. The van der Waals surface area contributed by atoms with Gasteiger partial charge in [0.15, 0.2) is 0 Å². The van der Waals surface area contributed by atoms with Crippen molar-refractivity contribution in [2.45, 2.75) is 37.1 Å². The summed E-state index contributed by atoms with van der Waals surface area (Å²) in [5.41, 5.74) is 3.16. The number of carbonyl (C=O) groups is 1. The molecule has 150 valence electrons. The number of rotatable bonds is 6. The summed E-state index contributed by atoms with van der Waals surface area (Å²) < 4.78 is 32.2. The molecule has 0 saturated carbocycles. The lowest BCUT2D eigenvalue weighted by atomic mass is 9.88. The van der Waals surface area contributed by atoms with E-state index >= 15 is 0 Å². The van der Waals surface area contributed by atoms with E-state index in [4.69, 9.17) is 4.74 Å². The van der Waals surface area contributed by atoms with Gasteiger partial charge in [0.25, 0.3) is 0 Å². The number of amides is 1. The van der Waals surface area contributed by atoms with Crippen LogP contribution in [0.15, 0.2) is 47.4 Å². The predicted molar refractivity (Wildman–Crippen MR) is 108 cm³/mol. The van der Waals surface area contributed by atoms with Crippen molar-refractivity contribution in [3.05, 3.63) is 59.2 Å². The third-order valence-corrected chi connectivity index (χ3v) is 6.90. The largest absolute Gasteiger partial charge is 0.495 e. The first-order valence-electron chi connectivity index (χ1n) is 9.31. The maximum Gasteiger partial charge on any atom is 0.246 e. The van der Waals surface area contributed by atoms with Crippen molar-refractivity contribution in [2.24, 2.45) is 0 Å². The van der Waals surface area contributed by atoms with Gasteiger partial charge in [-0.25, -0.2) is 8.42 Å². The lowest BCUT2D eigenvalue weighted by Crippen LogP contribution is -2.40. The van der Waals surface area contributed by atoms with Crippen molar-refractivity contribution in [2.75, 3.05) is 20.7 Å². The van der Waals surface area contributed by atoms with Gasteiger partial charge in [0, 0.05) is 7.05 Å². The van der Waals surface area contributed by atoms with Crippen LogP contribution in [0.25, 0.3) is 0 Å². The van der Waals surface area contributed by atoms with E-state index in [1.54, 1.807) is 18.2 Å². The highest BCUT2D eigenvalue weighted by atomic mass is 32.2. The Morgan fingerprint density at radius 2 is 2.00 bits per heavy atom. The molecule has 2 aromatic rings. The van der Waals surface area contributed by atoms with Crippen molar-refractivity contribution < 1.29 is 17.9 Å². The van der Waals surface area contributed by atoms with Crippen molar-refractivity contribution in [1.82, 2.24) is 9.62 Å². The first-order valence-corrected chi connectivity index (χ1v) is 10.7. The van der Waals surface area contributed by atoms with E-state index in [2.05, 4.69) is 11.4 Å². The van der Waals surface area contributed by atoms with Crippen LogP contribution in [0.1, 0.15) is 35.6 Å². The van der Waals surface area contributed by atoms with Crippen LogP contribution in [0.5, 0.6) is 5.75 Å². The number of likely N-dealkylation sites (N-methyl/N-ethyl adjacent to an activating group) is 1. The third kappa shape index (κ3) is 4.20. The minimum atomic E-state index is -3.85. The number of fused-ring (bicyclic) bond motifs is 1. The zero-order chi connectivity index (χ0) is 20.3. The van der Waals surface area contributed by atoms with Crippen LogP contribution in [0.2, 0.25) is 0 Å². The summed E-state index contributed by atoms with van der Waals surface area (Å²) in [6.07, 6.45) is 2.85. The van der Waals surface area contributed by atoms with E-state index in [0.29, 0.717) is 0 Å². The number of ether oxygens (including phenoxy) is 1. The average Bonchev–Trinajstić information content (AvgIpc) is 2.68. The topological polar surface area (TPSA) is 75.7 Å². The Hall–Kier alpha value is -2.38. The Labute approximate surface area is 166 Å². The van der Waals surface area contributed by atoms with Crippen LogP contribution in [0, 0.1) is 6.92 Å². The molecule has 3 rings (SSSR count). The number of carbonyl (C=O) groups excluding carboxylic acids is 1. The minimum Gasteiger partial charge on any atom is -0.495 e. The van der Waals surface area contributed by atoms with Crippen LogP contribution < -0.4 is 10.1 Å². The Kier molecular flexibility index (Phi) is 6.05. The highest BCUT2D eigenvalue weighted by Crippen LogP contribution is 2.30. The number of hydrogen-bond donors (Lipinski definition) is 1. The van der Waals surface area contributed by atoms with E-state index < -0.39 is 10.0 Å². The van der Waals surface area contributed by atoms with E-state index in [1.807, 2.05) is 25.1 Å². The lowest BCUT2D eigenvalue weighted by Gasteiger charge is -2.27. The van der Waals surface area contributed by atoms with Gasteiger partial charge < -0.3 is 10.1 Å². The molecule has 28 heavy (non-hydrogen) atoms. The second-order valence-corrected chi connectivity index (χ2v) is 9.14. The smallest absolute Gasteiger partial charge is 0.246 e. The van der Waals surface area contributed by atoms with Gasteiger partial charge in [-0.1, -0.05) is 30.3 Å². The first kappa shape index (κ1) is 20.4. The molecule has 2 aromatic carbocycles. The summed E-state index contributed by atoms with van der Waals surface area (Å²) in [4.78, 5) is 12.6. The average molecular weight is 403 g/mol. The van der Waals surface area contributed by atoms with Crippen LogP contribution in [-0.2, 0) is 21.2 Å². The molecule has 1 amide bonds. The summed E-state index contributed by atoms with van der Waals surface area (Å²) in [5.74, 6) is -0.0570. The fourth-order valence-electron chi connectivity index (χ4n) is 3.58. The Balaban J connectivity index is 1.74. The molecule has 1 unspecified atom stereocenters. The van der Waals surface area contributed by atoms with Gasteiger partial charge in [0.05, 0.1) is 19.7 Å². The molecule has 0 saturated heterocycles. The quantitative estimate of drug-likeness (QED) is 0.806. The van der Waals surface area contributed by atoms with E-state index in [0.717, 1.165) is 34.7 Å². The Morgan fingerprint density at radius 3 is 2.75 bits per heavy atom. The number of nitrogens with one attached hydrogen (secondary N) is 1. The Bertz CT molecular complexity index is 972. The molecule has 0 aliphatic heterocycles. The maximum absolute atomic E-state index is 13.0. The molecule has 6 nitrogen and oxygen atoms in total. The monoisotopic (exact) mass is 402 g/mol. The summed E-state index contributed by atoms with van der Waals surface area (Å²) in [7, 11) is -1.02. The van der Waals surface area contributed by atoms with E-state index in [9.17, 15) is 13.2 Å². The standard InChI is InChI=1S/C21H26N2O4S/c1-15-11-12-19(27-3)20(13-15)28(25,26)23(2)14-21(24)22-18-10-6-8-16-7-4-5-9-17(16)18/h4-5,7,9,11-13,18H,6,8,10,14H2,1-3H3,(H,22,24). The van der Waals surface area contributed by atoms with E-state index in [1.165, 1.54) is 19.7 Å². The van der Waals surface area contributed by atoms with Gasteiger partial charge in [-0.3, -0.25) is 4.79 Å². The second kappa shape index (κ2) is 8.32. The van der Waals surface area contributed by atoms with Gasteiger partial charge in [-0.15, -0.1) is 0 Å². The van der Waals surface area contributed by atoms with Gasteiger partial charge in [-0.05, 0) is 55.0 Å². The molecule has 1 aliphatic rings. The molecule has 0 radical (unpaired) electrons.